The van der Waals surface area contributed by atoms with E-state index in [9.17, 15) is 19.2 Å². The molecule has 1 rings (SSSR count). The van der Waals surface area contributed by atoms with Gasteiger partial charge in [-0.15, -0.1) is 0 Å². The number of allylic oxidation sites excluding steroid dienone is 1. The number of esters is 4. The van der Waals surface area contributed by atoms with Gasteiger partial charge in [-0.3, -0.25) is 19.2 Å². The van der Waals surface area contributed by atoms with Crippen molar-refractivity contribution in [1.29, 1.82) is 0 Å². The van der Waals surface area contributed by atoms with Crippen LogP contribution >= 0.6 is 0 Å². The molecule has 1 saturated heterocycles. The molecule has 40 heavy (non-hydrogen) atoms. The Morgan fingerprint density at radius 2 is 1.20 bits per heavy atom. The summed E-state index contributed by atoms with van der Waals surface area (Å²) >= 11 is 0. The topological polar surface area (TPSA) is 151 Å². The van der Waals surface area contributed by atoms with Crippen molar-refractivity contribution in [3.8, 4) is 0 Å². The number of rotatable bonds is 18. The molecule has 230 valence electrons. The Hall–Kier alpha value is -2.36. The maximum Gasteiger partial charge on any atom is 0.501 e. The molecule has 0 bridgehead atoms. The third-order valence-electron chi connectivity index (χ3n) is 5.39. The highest BCUT2D eigenvalue weighted by molar-refractivity contribution is 6.60. The maximum absolute atomic E-state index is 11.9. The summed E-state index contributed by atoms with van der Waals surface area (Å²) in [5.41, 5.74) is 0. The van der Waals surface area contributed by atoms with Crippen LogP contribution in [-0.2, 0) is 60.9 Å². The Bertz CT molecular complexity index is 816. The van der Waals surface area contributed by atoms with Crippen molar-refractivity contribution in [1.82, 2.24) is 0 Å². The van der Waals surface area contributed by atoms with E-state index in [0.717, 1.165) is 13.8 Å². The Labute approximate surface area is 237 Å². The van der Waals surface area contributed by atoms with Gasteiger partial charge in [0, 0.05) is 53.6 Å². The van der Waals surface area contributed by atoms with E-state index in [1.165, 1.54) is 13.8 Å². The molecule has 1 aliphatic heterocycles. The first-order chi connectivity index (χ1) is 19.0. The molecule has 1 fully saturated rings. The highest BCUT2D eigenvalue weighted by Gasteiger charge is 2.52. The second-order valence-corrected chi connectivity index (χ2v) is 11.5. The molecule has 0 saturated carbocycles. The number of carbonyl (C=O) groups excluding carboxylic acids is 4. The molecule has 5 atom stereocenters. The van der Waals surface area contributed by atoms with Gasteiger partial charge in [0.2, 0.25) is 0 Å². The second-order valence-electron chi connectivity index (χ2n) is 8.72. The molecule has 1 heterocycles. The van der Waals surface area contributed by atoms with Gasteiger partial charge in [-0.05, 0) is 33.6 Å². The zero-order valence-electron chi connectivity index (χ0n) is 24.5. The summed E-state index contributed by atoms with van der Waals surface area (Å²) < 4.78 is 50.5. The van der Waals surface area contributed by atoms with Crippen molar-refractivity contribution in [2.45, 2.75) is 98.1 Å². The Kier molecular flexibility index (Phi) is 16.8. The molecule has 0 amide bonds. The van der Waals surface area contributed by atoms with Crippen LogP contribution in [0.15, 0.2) is 12.2 Å². The number of hydrogen-bond donors (Lipinski definition) is 0. The van der Waals surface area contributed by atoms with E-state index in [1.54, 1.807) is 0 Å². The minimum atomic E-state index is -2.74. The summed E-state index contributed by atoms with van der Waals surface area (Å²) in [6.45, 7) is 11.7. The predicted molar refractivity (Wildman–Crippen MR) is 142 cm³/mol. The first-order valence-electron chi connectivity index (χ1n) is 13.5. The molecule has 1 aliphatic rings. The highest BCUT2D eigenvalue weighted by atomic mass is 28.4. The lowest BCUT2D eigenvalue weighted by Gasteiger charge is -2.44. The van der Waals surface area contributed by atoms with Crippen molar-refractivity contribution in [2.24, 2.45) is 0 Å². The largest absolute Gasteiger partial charge is 0.501 e. The van der Waals surface area contributed by atoms with E-state index >= 15 is 0 Å². The number of carbonyl (C=O) groups is 4. The fraction of sp³-hybridized carbons (Fsp3) is 0.769. The monoisotopic (exact) mass is 592 g/mol. The van der Waals surface area contributed by atoms with Crippen molar-refractivity contribution < 1.29 is 60.9 Å². The molecule has 0 radical (unpaired) electrons. The van der Waals surface area contributed by atoms with Gasteiger partial charge in [0.05, 0.1) is 6.61 Å². The van der Waals surface area contributed by atoms with Crippen LogP contribution in [0.1, 0.15) is 61.3 Å². The van der Waals surface area contributed by atoms with Gasteiger partial charge in [0.15, 0.2) is 24.6 Å². The average Bonchev–Trinajstić information content (AvgIpc) is 2.85. The smallest absolute Gasteiger partial charge is 0.463 e. The molecular formula is C26H44O13Si. The summed E-state index contributed by atoms with van der Waals surface area (Å²) in [7, 11) is -2.74. The fourth-order valence-electron chi connectivity index (χ4n) is 4.07. The van der Waals surface area contributed by atoms with Crippen molar-refractivity contribution in [2.75, 3.05) is 33.0 Å². The summed E-state index contributed by atoms with van der Waals surface area (Å²) in [6.07, 6.45) is -0.988. The van der Waals surface area contributed by atoms with E-state index < -0.39 is 63.4 Å². The summed E-state index contributed by atoms with van der Waals surface area (Å²) in [5.74, 6) is -2.69. The minimum Gasteiger partial charge on any atom is -0.463 e. The molecule has 0 N–H and O–H groups in total. The number of ether oxygens (including phenoxy) is 6. The van der Waals surface area contributed by atoms with Crippen LogP contribution in [0, 0.1) is 0 Å². The van der Waals surface area contributed by atoms with E-state index in [4.69, 9.17) is 41.7 Å². The molecule has 0 aromatic rings. The zero-order valence-corrected chi connectivity index (χ0v) is 25.5. The Morgan fingerprint density at radius 1 is 0.700 bits per heavy atom. The quantitative estimate of drug-likeness (QED) is 0.0754. The average molecular weight is 593 g/mol. The minimum absolute atomic E-state index is 0.148. The van der Waals surface area contributed by atoms with Gasteiger partial charge in [-0.2, -0.15) is 0 Å². The van der Waals surface area contributed by atoms with Crippen LogP contribution in [0.5, 0.6) is 0 Å². The van der Waals surface area contributed by atoms with Crippen LogP contribution in [0.25, 0.3) is 0 Å². The lowest BCUT2D eigenvalue weighted by atomic mass is 9.98. The highest BCUT2D eigenvalue weighted by Crippen LogP contribution is 2.30. The van der Waals surface area contributed by atoms with Crippen LogP contribution in [-0.4, -0.2) is 96.4 Å². The Balaban J connectivity index is 2.96. The van der Waals surface area contributed by atoms with E-state index in [1.807, 2.05) is 32.9 Å². The molecule has 13 nitrogen and oxygen atoms in total. The summed E-state index contributed by atoms with van der Waals surface area (Å²) in [6, 6.07) is 0.625. The van der Waals surface area contributed by atoms with E-state index in [-0.39, 0.29) is 13.2 Å². The molecule has 0 aromatic heterocycles. The maximum atomic E-state index is 11.9. The van der Waals surface area contributed by atoms with Gasteiger partial charge in [-0.1, -0.05) is 12.2 Å². The van der Waals surface area contributed by atoms with Gasteiger partial charge < -0.3 is 41.7 Å². The lowest BCUT2D eigenvalue weighted by molar-refractivity contribution is -0.307. The summed E-state index contributed by atoms with van der Waals surface area (Å²) in [5, 5.41) is 0. The van der Waals surface area contributed by atoms with E-state index in [0.29, 0.717) is 38.7 Å². The number of hydrogen-bond acceptors (Lipinski definition) is 13. The zero-order chi connectivity index (χ0) is 30.1. The van der Waals surface area contributed by atoms with Gasteiger partial charge in [-0.25, -0.2) is 0 Å². The predicted octanol–water partition coefficient (Wildman–Crippen LogP) is 2.47. The third kappa shape index (κ3) is 12.9. The van der Waals surface area contributed by atoms with Gasteiger partial charge >= 0.3 is 32.7 Å². The first-order valence-corrected chi connectivity index (χ1v) is 15.4. The van der Waals surface area contributed by atoms with Crippen molar-refractivity contribution >= 4 is 32.7 Å². The molecular weight excluding hydrogens is 548 g/mol. The fourth-order valence-corrected chi connectivity index (χ4v) is 6.59. The van der Waals surface area contributed by atoms with Crippen LogP contribution in [0.4, 0.5) is 0 Å². The molecule has 0 aliphatic carbocycles. The molecule has 5 unspecified atom stereocenters. The van der Waals surface area contributed by atoms with Crippen molar-refractivity contribution in [3.63, 3.8) is 0 Å². The van der Waals surface area contributed by atoms with Gasteiger partial charge in [0.25, 0.3) is 0 Å². The van der Waals surface area contributed by atoms with E-state index in [2.05, 4.69) is 0 Å². The lowest BCUT2D eigenvalue weighted by Crippen LogP contribution is -2.63. The summed E-state index contributed by atoms with van der Waals surface area (Å²) in [4.78, 5) is 47.0. The first kappa shape index (κ1) is 35.7. The van der Waals surface area contributed by atoms with Crippen molar-refractivity contribution in [3.05, 3.63) is 12.2 Å². The normalized spacial score (nSPS) is 23.0. The third-order valence-corrected chi connectivity index (χ3v) is 8.48. The standard InChI is InChI=1S/C26H44O13Si/c1-8-33-40(34-9-2,35-10-3)16-14-12-11-13-15-31-26-25(38-21(7)30)24(37-20(6)29)23(36-19(5)28)22(39-26)17-32-18(4)27/h11-12,22-26H,8-10,13-17H2,1-7H3. The van der Waals surface area contributed by atoms with Crippen LogP contribution in [0.3, 0.4) is 0 Å². The second kappa shape index (κ2) is 18.9. The SMILES string of the molecule is CCO[Si](CCC=CCCOC1OC(COC(C)=O)C(OC(C)=O)C(OC(C)=O)C1OC(C)=O)(OCC)OCC. The molecule has 14 heteroatoms. The molecule has 0 spiro atoms. The van der Waals surface area contributed by atoms with Crippen LogP contribution < -0.4 is 0 Å². The van der Waals surface area contributed by atoms with Gasteiger partial charge in [0.1, 0.15) is 12.7 Å². The molecule has 0 aromatic carbocycles. The Morgan fingerprint density at radius 3 is 1.70 bits per heavy atom. The van der Waals surface area contributed by atoms with Crippen LogP contribution in [0.2, 0.25) is 6.04 Å².